The number of methoxy groups -OCH3 is 2. The average Bonchev–Trinajstić information content (AvgIpc) is 3.21. The number of nitrogens with zero attached hydrogens (tertiary/aromatic N) is 2. The van der Waals surface area contributed by atoms with Gasteiger partial charge in [-0.25, -0.2) is 0 Å². The lowest BCUT2D eigenvalue weighted by atomic mass is 10.2. The number of aromatic nitrogens is 2. The molecule has 1 aromatic heterocycles. The topological polar surface area (TPSA) is 83.7 Å². The maximum Gasteiger partial charge on any atom is 0.319 e. The van der Waals surface area contributed by atoms with Crippen LogP contribution in [-0.4, -0.2) is 35.6 Å². The molecule has 0 fully saturated rings. The summed E-state index contributed by atoms with van der Waals surface area (Å²) in [5.74, 6) is 1.41. The van der Waals surface area contributed by atoms with Gasteiger partial charge >= 0.3 is 5.97 Å². The molecular formula is C20H20N2O5S. The summed E-state index contributed by atoms with van der Waals surface area (Å²) in [6.45, 7) is 1.71. The highest BCUT2D eigenvalue weighted by atomic mass is 32.2. The SMILES string of the molecule is COc1ccc(-c2noc(COC(=O)C(C)Sc3ccccc3)n2)cc1OC. The van der Waals surface area contributed by atoms with Crippen molar-refractivity contribution in [1.82, 2.24) is 10.1 Å². The summed E-state index contributed by atoms with van der Waals surface area (Å²) in [6, 6.07) is 15.0. The van der Waals surface area contributed by atoms with E-state index in [1.807, 2.05) is 30.3 Å². The lowest BCUT2D eigenvalue weighted by molar-refractivity contribution is -0.144. The zero-order valence-electron chi connectivity index (χ0n) is 15.7. The van der Waals surface area contributed by atoms with Crippen LogP contribution in [0.2, 0.25) is 0 Å². The molecule has 0 saturated heterocycles. The van der Waals surface area contributed by atoms with Crippen molar-refractivity contribution < 1.29 is 23.5 Å². The van der Waals surface area contributed by atoms with Gasteiger partial charge in [0.25, 0.3) is 5.89 Å². The predicted molar refractivity (Wildman–Crippen MR) is 104 cm³/mol. The standard InChI is InChI=1S/C20H20N2O5S/c1-13(28-15-7-5-4-6-8-15)20(23)26-12-18-21-19(22-27-18)14-9-10-16(24-2)17(11-14)25-3/h4-11,13H,12H2,1-3H3. The Morgan fingerprint density at radius 3 is 2.57 bits per heavy atom. The van der Waals surface area contributed by atoms with Crippen LogP contribution in [0.1, 0.15) is 12.8 Å². The van der Waals surface area contributed by atoms with Gasteiger partial charge in [0.05, 0.1) is 14.2 Å². The molecule has 0 amide bonds. The van der Waals surface area contributed by atoms with E-state index in [2.05, 4.69) is 10.1 Å². The van der Waals surface area contributed by atoms with Crippen molar-refractivity contribution in [2.75, 3.05) is 14.2 Å². The lowest BCUT2D eigenvalue weighted by Crippen LogP contribution is -2.16. The Kier molecular flexibility index (Phi) is 6.54. The molecule has 0 aliphatic rings. The third-order valence-electron chi connectivity index (χ3n) is 3.84. The van der Waals surface area contributed by atoms with Gasteiger partial charge in [0, 0.05) is 10.5 Å². The first-order chi connectivity index (χ1) is 13.6. The summed E-state index contributed by atoms with van der Waals surface area (Å²) < 4.78 is 21.0. The largest absolute Gasteiger partial charge is 0.493 e. The maximum absolute atomic E-state index is 12.2. The Balaban J connectivity index is 1.59. The zero-order valence-corrected chi connectivity index (χ0v) is 16.6. The molecule has 28 heavy (non-hydrogen) atoms. The molecule has 3 aromatic rings. The highest BCUT2D eigenvalue weighted by Gasteiger charge is 2.18. The maximum atomic E-state index is 12.2. The second kappa shape index (κ2) is 9.27. The fraction of sp³-hybridized carbons (Fsp3) is 0.250. The molecule has 0 N–H and O–H groups in total. The Bertz CT molecular complexity index is 929. The van der Waals surface area contributed by atoms with Crippen LogP contribution < -0.4 is 9.47 Å². The van der Waals surface area contributed by atoms with Gasteiger partial charge in [-0.2, -0.15) is 4.98 Å². The van der Waals surface area contributed by atoms with Gasteiger partial charge in [0.2, 0.25) is 5.82 Å². The zero-order chi connectivity index (χ0) is 19.9. The van der Waals surface area contributed by atoms with Gasteiger partial charge in [-0.05, 0) is 37.3 Å². The van der Waals surface area contributed by atoms with Crippen molar-refractivity contribution in [2.24, 2.45) is 0 Å². The van der Waals surface area contributed by atoms with E-state index in [1.54, 1.807) is 39.3 Å². The van der Waals surface area contributed by atoms with Gasteiger partial charge in [0.15, 0.2) is 18.1 Å². The number of benzene rings is 2. The van der Waals surface area contributed by atoms with E-state index in [1.165, 1.54) is 11.8 Å². The van der Waals surface area contributed by atoms with Crippen LogP contribution in [0.4, 0.5) is 0 Å². The van der Waals surface area contributed by atoms with Crippen LogP contribution in [0.15, 0.2) is 57.9 Å². The molecule has 0 aliphatic heterocycles. The molecule has 2 aromatic carbocycles. The number of esters is 1. The highest BCUT2D eigenvalue weighted by molar-refractivity contribution is 8.00. The molecular weight excluding hydrogens is 380 g/mol. The number of hydrogen-bond acceptors (Lipinski definition) is 8. The van der Waals surface area contributed by atoms with Crippen LogP contribution in [-0.2, 0) is 16.1 Å². The minimum absolute atomic E-state index is 0.0845. The smallest absolute Gasteiger partial charge is 0.319 e. The van der Waals surface area contributed by atoms with Gasteiger partial charge < -0.3 is 18.7 Å². The molecule has 1 unspecified atom stereocenters. The molecule has 1 heterocycles. The monoisotopic (exact) mass is 400 g/mol. The predicted octanol–water partition coefficient (Wildman–Crippen LogP) is 3.98. The van der Waals surface area contributed by atoms with E-state index >= 15 is 0 Å². The van der Waals surface area contributed by atoms with Crippen molar-refractivity contribution in [1.29, 1.82) is 0 Å². The number of ether oxygens (including phenoxy) is 3. The van der Waals surface area contributed by atoms with Crippen LogP contribution in [0, 0.1) is 0 Å². The molecule has 7 nitrogen and oxygen atoms in total. The number of carbonyl (C=O) groups is 1. The Morgan fingerprint density at radius 1 is 1.11 bits per heavy atom. The molecule has 0 radical (unpaired) electrons. The molecule has 0 bridgehead atoms. The van der Waals surface area contributed by atoms with E-state index in [0.717, 1.165) is 4.90 Å². The second-order valence-corrected chi connectivity index (χ2v) is 7.18. The molecule has 146 valence electrons. The Labute approximate surface area is 167 Å². The Morgan fingerprint density at radius 2 is 1.86 bits per heavy atom. The molecule has 0 spiro atoms. The van der Waals surface area contributed by atoms with E-state index in [9.17, 15) is 4.79 Å². The normalized spacial score (nSPS) is 11.7. The highest BCUT2D eigenvalue weighted by Crippen LogP contribution is 2.31. The van der Waals surface area contributed by atoms with E-state index in [4.69, 9.17) is 18.7 Å². The number of thioether (sulfide) groups is 1. The minimum atomic E-state index is -0.351. The van der Waals surface area contributed by atoms with E-state index in [-0.39, 0.29) is 23.7 Å². The van der Waals surface area contributed by atoms with Gasteiger partial charge in [-0.3, -0.25) is 4.79 Å². The van der Waals surface area contributed by atoms with Crippen LogP contribution in [0.3, 0.4) is 0 Å². The molecule has 0 aliphatic carbocycles. The lowest BCUT2D eigenvalue weighted by Gasteiger charge is -2.09. The molecule has 0 saturated carbocycles. The van der Waals surface area contributed by atoms with Gasteiger partial charge in [-0.15, -0.1) is 11.8 Å². The summed E-state index contributed by atoms with van der Waals surface area (Å²) in [5.41, 5.74) is 0.701. The quantitative estimate of drug-likeness (QED) is 0.415. The first kappa shape index (κ1) is 19.8. The summed E-state index contributed by atoms with van der Waals surface area (Å²) in [4.78, 5) is 17.5. The van der Waals surface area contributed by atoms with Crippen molar-refractivity contribution >= 4 is 17.7 Å². The van der Waals surface area contributed by atoms with Gasteiger partial charge in [0.1, 0.15) is 5.25 Å². The van der Waals surface area contributed by atoms with Crippen molar-refractivity contribution in [3.05, 3.63) is 54.4 Å². The summed E-state index contributed by atoms with van der Waals surface area (Å²) >= 11 is 1.43. The average molecular weight is 400 g/mol. The molecule has 3 rings (SSSR count). The fourth-order valence-corrected chi connectivity index (χ4v) is 3.29. The second-order valence-electron chi connectivity index (χ2n) is 5.76. The third-order valence-corrected chi connectivity index (χ3v) is 4.93. The van der Waals surface area contributed by atoms with Crippen LogP contribution >= 0.6 is 11.8 Å². The number of carbonyl (C=O) groups excluding carboxylic acids is 1. The minimum Gasteiger partial charge on any atom is -0.493 e. The summed E-state index contributed by atoms with van der Waals surface area (Å²) in [6.07, 6.45) is 0. The van der Waals surface area contributed by atoms with Crippen molar-refractivity contribution in [3.8, 4) is 22.9 Å². The summed E-state index contributed by atoms with van der Waals surface area (Å²) in [5, 5.41) is 3.58. The molecule has 1 atom stereocenters. The summed E-state index contributed by atoms with van der Waals surface area (Å²) in [7, 11) is 3.12. The first-order valence-corrected chi connectivity index (χ1v) is 9.42. The number of rotatable bonds is 8. The van der Waals surface area contributed by atoms with E-state index in [0.29, 0.717) is 22.9 Å². The van der Waals surface area contributed by atoms with Crippen molar-refractivity contribution in [3.63, 3.8) is 0 Å². The third kappa shape index (κ3) is 4.83. The van der Waals surface area contributed by atoms with Crippen LogP contribution in [0.25, 0.3) is 11.4 Å². The first-order valence-electron chi connectivity index (χ1n) is 8.54. The van der Waals surface area contributed by atoms with E-state index < -0.39 is 0 Å². The Hall–Kier alpha value is -3.00. The van der Waals surface area contributed by atoms with Crippen molar-refractivity contribution in [2.45, 2.75) is 23.7 Å². The van der Waals surface area contributed by atoms with Gasteiger partial charge in [-0.1, -0.05) is 23.4 Å². The molecule has 8 heteroatoms. The van der Waals surface area contributed by atoms with Crippen LogP contribution in [0.5, 0.6) is 11.5 Å². The number of hydrogen-bond donors (Lipinski definition) is 0. The fourth-order valence-electron chi connectivity index (χ4n) is 2.41.